The predicted molar refractivity (Wildman–Crippen MR) is 71.1 cm³/mol. The average molecular weight is 212 g/mol. The molecule has 0 rings (SSSR count). The van der Waals surface area contributed by atoms with E-state index in [1.807, 2.05) is 0 Å². The second kappa shape index (κ2) is 6.55. The van der Waals surface area contributed by atoms with E-state index in [0.717, 1.165) is 17.8 Å². The van der Waals surface area contributed by atoms with Crippen molar-refractivity contribution in [2.45, 2.75) is 74.1 Å². The molecule has 15 heavy (non-hydrogen) atoms. The Labute approximate surface area is 97.8 Å². The Morgan fingerprint density at radius 1 is 1.00 bits per heavy atom. The highest BCUT2D eigenvalue weighted by Gasteiger charge is 2.32. The summed E-state index contributed by atoms with van der Waals surface area (Å²) in [6.07, 6.45) is 5.40. The van der Waals surface area contributed by atoms with Crippen LogP contribution >= 0.6 is 0 Å². The minimum Gasteiger partial charge on any atom is -0.0654 e. The van der Waals surface area contributed by atoms with Crippen LogP contribution in [0.3, 0.4) is 0 Å². The van der Waals surface area contributed by atoms with Crippen LogP contribution < -0.4 is 0 Å². The van der Waals surface area contributed by atoms with E-state index < -0.39 is 0 Å². The second-order valence-corrected chi connectivity index (χ2v) is 6.16. The second-order valence-electron chi connectivity index (χ2n) is 6.16. The summed E-state index contributed by atoms with van der Waals surface area (Å²) in [6, 6.07) is 0. The zero-order chi connectivity index (χ0) is 12.1. The molecule has 0 N–H and O–H groups in total. The Bertz CT molecular complexity index is 159. The van der Waals surface area contributed by atoms with E-state index in [4.69, 9.17) is 0 Å². The van der Waals surface area contributed by atoms with E-state index >= 15 is 0 Å². The van der Waals surface area contributed by atoms with E-state index in [1.54, 1.807) is 0 Å². The monoisotopic (exact) mass is 212 g/mol. The highest BCUT2D eigenvalue weighted by atomic mass is 14.4. The van der Waals surface area contributed by atoms with Gasteiger partial charge >= 0.3 is 0 Å². The summed E-state index contributed by atoms with van der Waals surface area (Å²) in [5.74, 6) is 2.55. The van der Waals surface area contributed by atoms with Gasteiger partial charge in [-0.2, -0.15) is 0 Å². The maximum absolute atomic E-state index is 2.49. The Balaban J connectivity index is 4.48. The van der Waals surface area contributed by atoms with Crippen LogP contribution in [0.1, 0.15) is 74.1 Å². The third-order valence-electron chi connectivity index (χ3n) is 4.38. The Kier molecular flexibility index (Phi) is 6.55. The highest BCUT2D eigenvalue weighted by Crippen LogP contribution is 2.42. The molecule has 0 amide bonds. The third-order valence-corrected chi connectivity index (χ3v) is 4.38. The predicted octanol–water partition coefficient (Wildman–Crippen LogP) is 5.52. The third kappa shape index (κ3) is 4.57. The highest BCUT2D eigenvalue weighted by molar-refractivity contribution is 4.82. The molecular weight excluding hydrogens is 180 g/mol. The lowest BCUT2D eigenvalue weighted by atomic mass is 9.66. The summed E-state index contributed by atoms with van der Waals surface area (Å²) in [4.78, 5) is 0. The maximum Gasteiger partial charge on any atom is -0.0298 e. The standard InChI is InChI=1S/C15H32/c1-8-10-13(5)14(6)15(7,9-2)11-12(3)4/h12-14H,8-11H2,1-7H3. The van der Waals surface area contributed by atoms with Crippen LogP contribution in [0.4, 0.5) is 0 Å². The summed E-state index contributed by atoms with van der Waals surface area (Å²) in [5.41, 5.74) is 0.544. The van der Waals surface area contributed by atoms with Crippen molar-refractivity contribution in [1.29, 1.82) is 0 Å². The number of hydrogen-bond donors (Lipinski definition) is 0. The van der Waals surface area contributed by atoms with Crippen molar-refractivity contribution < 1.29 is 0 Å². The molecule has 0 aliphatic heterocycles. The van der Waals surface area contributed by atoms with Crippen molar-refractivity contribution in [1.82, 2.24) is 0 Å². The molecule has 0 heteroatoms. The first kappa shape index (κ1) is 15.0. The van der Waals surface area contributed by atoms with E-state index in [9.17, 15) is 0 Å². The van der Waals surface area contributed by atoms with Gasteiger partial charge in [0.25, 0.3) is 0 Å². The van der Waals surface area contributed by atoms with E-state index in [1.165, 1.54) is 25.7 Å². The largest absolute Gasteiger partial charge is 0.0654 e. The van der Waals surface area contributed by atoms with E-state index in [0.29, 0.717) is 5.41 Å². The molecule has 0 radical (unpaired) electrons. The average Bonchev–Trinajstić information content (AvgIpc) is 2.15. The van der Waals surface area contributed by atoms with Gasteiger partial charge in [0, 0.05) is 0 Å². The zero-order valence-corrected chi connectivity index (χ0v) is 12.1. The van der Waals surface area contributed by atoms with Crippen LogP contribution in [-0.2, 0) is 0 Å². The van der Waals surface area contributed by atoms with Crippen LogP contribution in [0.15, 0.2) is 0 Å². The van der Waals surface area contributed by atoms with Crippen molar-refractivity contribution in [2.24, 2.45) is 23.2 Å². The number of rotatable bonds is 7. The lowest BCUT2D eigenvalue weighted by Crippen LogP contribution is -2.31. The molecule has 0 aromatic rings. The fourth-order valence-electron chi connectivity index (χ4n) is 2.98. The normalized spacial score (nSPS) is 20.0. The van der Waals surface area contributed by atoms with Crippen molar-refractivity contribution in [3.8, 4) is 0 Å². The van der Waals surface area contributed by atoms with Crippen LogP contribution in [0, 0.1) is 23.2 Å². The lowest BCUT2D eigenvalue weighted by Gasteiger charge is -2.40. The van der Waals surface area contributed by atoms with Crippen molar-refractivity contribution >= 4 is 0 Å². The van der Waals surface area contributed by atoms with Gasteiger partial charge < -0.3 is 0 Å². The molecule has 3 atom stereocenters. The molecule has 0 aromatic heterocycles. The molecule has 92 valence electrons. The summed E-state index contributed by atoms with van der Waals surface area (Å²) in [7, 11) is 0. The topological polar surface area (TPSA) is 0 Å². The molecule has 0 nitrogen and oxygen atoms in total. The first-order valence-electron chi connectivity index (χ1n) is 6.87. The molecule has 0 saturated heterocycles. The van der Waals surface area contributed by atoms with Crippen LogP contribution in [-0.4, -0.2) is 0 Å². The first-order chi connectivity index (χ1) is 6.87. The van der Waals surface area contributed by atoms with Gasteiger partial charge in [-0.3, -0.25) is 0 Å². The number of hydrogen-bond acceptors (Lipinski definition) is 0. The minimum absolute atomic E-state index is 0.544. The SMILES string of the molecule is CCCC(C)C(C)C(C)(CC)CC(C)C. The summed E-state index contributed by atoms with van der Waals surface area (Å²) >= 11 is 0. The van der Waals surface area contributed by atoms with Gasteiger partial charge in [0.1, 0.15) is 0 Å². The Morgan fingerprint density at radius 2 is 1.53 bits per heavy atom. The van der Waals surface area contributed by atoms with Gasteiger partial charge in [0.05, 0.1) is 0 Å². The van der Waals surface area contributed by atoms with E-state index in [2.05, 4.69) is 48.5 Å². The maximum atomic E-state index is 2.49. The zero-order valence-electron chi connectivity index (χ0n) is 12.1. The van der Waals surface area contributed by atoms with Crippen molar-refractivity contribution in [3.63, 3.8) is 0 Å². The first-order valence-corrected chi connectivity index (χ1v) is 6.87. The quantitative estimate of drug-likeness (QED) is 0.521. The molecule has 0 spiro atoms. The molecule has 0 fully saturated rings. The van der Waals surface area contributed by atoms with Crippen LogP contribution in [0.5, 0.6) is 0 Å². The Hall–Kier alpha value is 0. The molecule has 3 unspecified atom stereocenters. The summed E-state index contributed by atoms with van der Waals surface area (Å²) in [6.45, 7) is 16.8. The van der Waals surface area contributed by atoms with Gasteiger partial charge in [0.15, 0.2) is 0 Å². The summed E-state index contributed by atoms with van der Waals surface area (Å²) in [5, 5.41) is 0. The molecule has 0 aromatic carbocycles. The van der Waals surface area contributed by atoms with Gasteiger partial charge in [0.2, 0.25) is 0 Å². The molecule has 0 bridgehead atoms. The smallest absolute Gasteiger partial charge is 0.0298 e. The molecular formula is C15H32. The molecule has 0 heterocycles. The van der Waals surface area contributed by atoms with Gasteiger partial charge in [-0.25, -0.2) is 0 Å². The molecule has 0 saturated carbocycles. The summed E-state index contributed by atoms with van der Waals surface area (Å²) < 4.78 is 0. The fraction of sp³-hybridized carbons (Fsp3) is 1.00. The molecule has 0 aliphatic rings. The van der Waals surface area contributed by atoms with Crippen LogP contribution in [0.25, 0.3) is 0 Å². The van der Waals surface area contributed by atoms with Crippen molar-refractivity contribution in [2.75, 3.05) is 0 Å². The van der Waals surface area contributed by atoms with E-state index in [-0.39, 0.29) is 0 Å². The minimum atomic E-state index is 0.544. The molecule has 0 aliphatic carbocycles. The fourth-order valence-corrected chi connectivity index (χ4v) is 2.98. The Morgan fingerprint density at radius 3 is 1.87 bits per heavy atom. The lowest BCUT2D eigenvalue weighted by molar-refractivity contribution is 0.102. The van der Waals surface area contributed by atoms with Gasteiger partial charge in [-0.15, -0.1) is 0 Å². The van der Waals surface area contributed by atoms with Crippen molar-refractivity contribution in [3.05, 3.63) is 0 Å². The van der Waals surface area contributed by atoms with Crippen LogP contribution in [0.2, 0.25) is 0 Å². The van der Waals surface area contributed by atoms with Gasteiger partial charge in [-0.05, 0) is 29.6 Å². The van der Waals surface area contributed by atoms with Gasteiger partial charge in [-0.1, -0.05) is 67.7 Å².